The van der Waals surface area contributed by atoms with Gasteiger partial charge in [0.2, 0.25) is 0 Å². The van der Waals surface area contributed by atoms with Gasteiger partial charge < -0.3 is 5.73 Å². The van der Waals surface area contributed by atoms with Crippen LogP contribution in [0.1, 0.15) is 38.7 Å². The maximum atomic E-state index is 6.41. The van der Waals surface area contributed by atoms with Crippen molar-refractivity contribution < 1.29 is 0 Å². The highest BCUT2D eigenvalue weighted by Crippen LogP contribution is 2.35. The molecular formula is C16H24BrN. The molecule has 2 heteroatoms. The van der Waals surface area contributed by atoms with Gasteiger partial charge in [0.1, 0.15) is 0 Å². The molecule has 2 N–H and O–H groups in total. The van der Waals surface area contributed by atoms with Crippen molar-refractivity contribution in [2.45, 2.75) is 45.6 Å². The number of hydrogen-bond donors (Lipinski definition) is 1. The lowest BCUT2D eigenvalue weighted by molar-refractivity contribution is 0.185. The van der Waals surface area contributed by atoms with Gasteiger partial charge in [0.15, 0.2) is 0 Å². The van der Waals surface area contributed by atoms with Gasteiger partial charge in [-0.25, -0.2) is 0 Å². The van der Waals surface area contributed by atoms with Gasteiger partial charge in [-0.15, -0.1) is 0 Å². The Labute approximate surface area is 119 Å². The second-order valence-electron chi connectivity index (χ2n) is 6.02. The van der Waals surface area contributed by atoms with Crippen LogP contribution in [-0.4, -0.2) is 6.04 Å². The minimum atomic E-state index is 0.320. The zero-order chi connectivity index (χ0) is 13.1. The Morgan fingerprint density at radius 1 is 1.17 bits per heavy atom. The summed E-state index contributed by atoms with van der Waals surface area (Å²) in [7, 11) is 0. The van der Waals surface area contributed by atoms with E-state index in [1.807, 2.05) is 0 Å². The molecule has 0 aliphatic heterocycles. The fraction of sp³-hybridized carbons (Fsp3) is 0.625. The number of nitrogens with two attached hydrogens (primary N) is 1. The maximum absolute atomic E-state index is 6.41. The van der Waals surface area contributed by atoms with Crippen molar-refractivity contribution in [3.05, 3.63) is 34.3 Å². The number of benzene rings is 1. The summed E-state index contributed by atoms with van der Waals surface area (Å²) in [6, 6.07) is 8.89. The van der Waals surface area contributed by atoms with E-state index in [0.29, 0.717) is 12.0 Å². The maximum Gasteiger partial charge on any atom is 0.0175 e. The van der Waals surface area contributed by atoms with Gasteiger partial charge in [-0.05, 0) is 54.7 Å². The van der Waals surface area contributed by atoms with Crippen LogP contribution in [-0.2, 0) is 6.42 Å². The van der Waals surface area contributed by atoms with Gasteiger partial charge in [-0.1, -0.05) is 48.3 Å². The molecule has 100 valence electrons. The van der Waals surface area contributed by atoms with Crippen LogP contribution in [0.15, 0.2) is 28.7 Å². The van der Waals surface area contributed by atoms with E-state index >= 15 is 0 Å². The van der Waals surface area contributed by atoms with Crippen molar-refractivity contribution in [3.8, 4) is 0 Å². The minimum Gasteiger partial charge on any atom is -0.327 e. The summed E-state index contributed by atoms with van der Waals surface area (Å²) >= 11 is 3.47. The fourth-order valence-corrected chi connectivity index (χ4v) is 3.30. The van der Waals surface area contributed by atoms with Gasteiger partial charge in [0.25, 0.3) is 0 Å². The highest BCUT2D eigenvalue weighted by atomic mass is 79.9. The Kier molecular flexibility index (Phi) is 4.85. The molecule has 1 fully saturated rings. The van der Waals surface area contributed by atoms with Gasteiger partial charge in [0, 0.05) is 10.5 Å². The van der Waals surface area contributed by atoms with E-state index < -0.39 is 0 Å². The van der Waals surface area contributed by atoms with Crippen LogP contribution < -0.4 is 5.73 Å². The van der Waals surface area contributed by atoms with E-state index in [0.717, 1.165) is 22.7 Å². The fourth-order valence-electron chi connectivity index (χ4n) is 3.04. The zero-order valence-electron chi connectivity index (χ0n) is 11.4. The molecule has 0 aromatic heterocycles. The van der Waals surface area contributed by atoms with E-state index in [1.54, 1.807) is 0 Å². The molecule has 4 unspecified atom stereocenters. The first-order valence-corrected chi connectivity index (χ1v) is 7.85. The normalized spacial score (nSPS) is 30.1. The second-order valence-corrected chi connectivity index (χ2v) is 6.94. The summed E-state index contributed by atoms with van der Waals surface area (Å²) < 4.78 is 1.14. The van der Waals surface area contributed by atoms with Crippen molar-refractivity contribution in [3.63, 3.8) is 0 Å². The highest BCUT2D eigenvalue weighted by molar-refractivity contribution is 9.10. The molecule has 0 saturated heterocycles. The first kappa shape index (κ1) is 14.1. The molecule has 0 bridgehead atoms. The van der Waals surface area contributed by atoms with E-state index in [2.05, 4.69) is 54.0 Å². The molecule has 4 atom stereocenters. The average Bonchev–Trinajstić information content (AvgIpc) is 2.35. The Balaban J connectivity index is 1.91. The average molecular weight is 310 g/mol. The van der Waals surface area contributed by atoms with Crippen LogP contribution in [0.4, 0.5) is 0 Å². The smallest absolute Gasteiger partial charge is 0.0175 e. The lowest BCUT2D eigenvalue weighted by atomic mass is 9.72. The highest BCUT2D eigenvalue weighted by Gasteiger charge is 2.28. The van der Waals surface area contributed by atoms with Crippen LogP contribution in [0.2, 0.25) is 0 Å². The van der Waals surface area contributed by atoms with Crippen molar-refractivity contribution >= 4 is 15.9 Å². The molecule has 1 aromatic carbocycles. The summed E-state index contributed by atoms with van der Waals surface area (Å²) in [5.41, 5.74) is 7.77. The molecular weight excluding hydrogens is 286 g/mol. The van der Waals surface area contributed by atoms with E-state index in [1.165, 1.54) is 24.8 Å². The molecule has 18 heavy (non-hydrogen) atoms. The number of rotatable bonds is 3. The van der Waals surface area contributed by atoms with Gasteiger partial charge >= 0.3 is 0 Å². The Morgan fingerprint density at radius 2 is 1.83 bits per heavy atom. The standard InChI is InChI=1S/C16H24BrN/c1-11-3-6-14(9-12(11)2)16(18)10-13-4-7-15(17)8-5-13/h4-5,7-8,11-12,14,16H,3,6,9-10,18H2,1-2H3. The molecule has 0 amide bonds. The van der Waals surface area contributed by atoms with Crippen LogP contribution in [0.3, 0.4) is 0 Å². The lowest BCUT2D eigenvalue weighted by Crippen LogP contribution is -2.36. The molecule has 0 radical (unpaired) electrons. The molecule has 0 heterocycles. The number of halogens is 1. The van der Waals surface area contributed by atoms with Gasteiger partial charge in [0.05, 0.1) is 0 Å². The molecule has 2 rings (SSSR count). The number of hydrogen-bond acceptors (Lipinski definition) is 1. The third kappa shape index (κ3) is 3.58. The van der Waals surface area contributed by atoms with Crippen molar-refractivity contribution in [2.75, 3.05) is 0 Å². The van der Waals surface area contributed by atoms with Crippen molar-refractivity contribution in [1.29, 1.82) is 0 Å². The van der Waals surface area contributed by atoms with Gasteiger partial charge in [-0.3, -0.25) is 0 Å². The van der Waals surface area contributed by atoms with Crippen LogP contribution in [0.25, 0.3) is 0 Å². The molecule has 1 aromatic rings. The first-order valence-electron chi connectivity index (χ1n) is 7.06. The Hall–Kier alpha value is -0.340. The molecule has 0 spiro atoms. The summed E-state index contributed by atoms with van der Waals surface area (Å²) in [5.74, 6) is 2.42. The Morgan fingerprint density at radius 3 is 2.44 bits per heavy atom. The topological polar surface area (TPSA) is 26.0 Å². The summed E-state index contributed by atoms with van der Waals surface area (Å²) in [4.78, 5) is 0. The quantitative estimate of drug-likeness (QED) is 0.880. The van der Waals surface area contributed by atoms with Crippen LogP contribution in [0, 0.1) is 17.8 Å². The van der Waals surface area contributed by atoms with E-state index in [-0.39, 0.29) is 0 Å². The van der Waals surface area contributed by atoms with Gasteiger partial charge in [-0.2, -0.15) is 0 Å². The molecule has 1 nitrogen and oxygen atoms in total. The van der Waals surface area contributed by atoms with E-state index in [9.17, 15) is 0 Å². The molecule has 1 aliphatic rings. The minimum absolute atomic E-state index is 0.320. The molecule has 1 saturated carbocycles. The SMILES string of the molecule is CC1CCC(C(N)Cc2ccc(Br)cc2)CC1C. The van der Waals surface area contributed by atoms with Crippen molar-refractivity contribution in [2.24, 2.45) is 23.5 Å². The lowest BCUT2D eigenvalue weighted by Gasteiger charge is -2.35. The van der Waals surface area contributed by atoms with Crippen molar-refractivity contribution in [1.82, 2.24) is 0 Å². The van der Waals surface area contributed by atoms with Crippen LogP contribution in [0.5, 0.6) is 0 Å². The Bertz CT molecular complexity index is 373. The summed E-state index contributed by atoms with van der Waals surface area (Å²) in [6.07, 6.45) is 4.97. The second kappa shape index (κ2) is 6.21. The third-order valence-electron chi connectivity index (χ3n) is 4.63. The first-order chi connectivity index (χ1) is 8.56. The summed E-state index contributed by atoms with van der Waals surface area (Å²) in [6.45, 7) is 4.75. The zero-order valence-corrected chi connectivity index (χ0v) is 13.0. The molecule has 1 aliphatic carbocycles. The predicted molar refractivity (Wildman–Crippen MR) is 81.5 cm³/mol. The monoisotopic (exact) mass is 309 g/mol. The third-order valence-corrected chi connectivity index (χ3v) is 5.16. The summed E-state index contributed by atoms with van der Waals surface area (Å²) in [5, 5.41) is 0. The van der Waals surface area contributed by atoms with E-state index in [4.69, 9.17) is 5.73 Å². The largest absolute Gasteiger partial charge is 0.327 e. The predicted octanol–water partition coefficient (Wildman–Crippen LogP) is 4.39. The van der Waals surface area contributed by atoms with Crippen LogP contribution >= 0.6 is 15.9 Å².